The fraction of sp³-hybridized carbons (Fsp3) is 0.125. The predicted octanol–water partition coefficient (Wildman–Crippen LogP) is 4.50. The maximum Gasteiger partial charge on any atom is 0.256 e. The molecule has 0 bridgehead atoms. The number of hydrogen-bond donors (Lipinski definition) is 1. The van der Waals surface area contributed by atoms with E-state index in [1.165, 1.54) is 4.90 Å². The van der Waals surface area contributed by atoms with Crippen LogP contribution in [0.15, 0.2) is 46.9 Å². The maximum atomic E-state index is 12.5. The average molecular weight is 414 g/mol. The molecule has 1 aliphatic rings. The third kappa shape index (κ3) is 3.37. The zero-order valence-corrected chi connectivity index (χ0v) is 14.8. The molecule has 0 radical (unpaired) electrons. The van der Waals surface area contributed by atoms with Crippen LogP contribution >= 0.6 is 39.1 Å². The second kappa shape index (κ2) is 6.51. The monoisotopic (exact) mass is 412 g/mol. The van der Waals surface area contributed by atoms with E-state index in [0.717, 1.165) is 4.47 Å². The van der Waals surface area contributed by atoms with Gasteiger partial charge in [0.1, 0.15) is 6.04 Å². The molecule has 4 nitrogen and oxygen atoms in total. The van der Waals surface area contributed by atoms with E-state index < -0.39 is 6.04 Å². The van der Waals surface area contributed by atoms with Crippen LogP contribution in [0, 0.1) is 0 Å². The number of nitrogens with zero attached hydrogens (tertiary/aromatic N) is 1. The number of halogens is 3. The molecule has 0 saturated carbocycles. The van der Waals surface area contributed by atoms with Gasteiger partial charge >= 0.3 is 0 Å². The number of carbonyl (C=O) groups is 2. The van der Waals surface area contributed by atoms with Crippen LogP contribution in [0.2, 0.25) is 10.0 Å². The molecule has 2 aromatic carbocycles. The van der Waals surface area contributed by atoms with Crippen molar-refractivity contribution in [3.63, 3.8) is 0 Å². The number of hydrogen-bond acceptors (Lipinski definition) is 3. The minimum Gasteiger partial charge on any atom is -0.373 e. The van der Waals surface area contributed by atoms with Gasteiger partial charge in [-0.15, -0.1) is 0 Å². The first kappa shape index (κ1) is 16.3. The summed E-state index contributed by atoms with van der Waals surface area (Å²) in [6.45, 7) is 0. The molecule has 0 unspecified atom stereocenters. The first-order chi connectivity index (χ1) is 11.0. The average Bonchev–Trinajstić information content (AvgIpc) is 2.79. The molecule has 1 atom stereocenters. The van der Waals surface area contributed by atoms with Crippen molar-refractivity contribution in [1.29, 1.82) is 0 Å². The quantitative estimate of drug-likeness (QED) is 0.753. The van der Waals surface area contributed by atoms with Crippen molar-refractivity contribution in [1.82, 2.24) is 0 Å². The Kier molecular flexibility index (Phi) is 4.62. The van der Waals surface area contributed by atoms with Crippen LogP contribution in [0.25, 0.3) is 0 Å². The number of anilines is 2. The third-order valence-corrected chi connectivity index (χ3v) is 4.76. The van der Waals surface area contributed by atoms with Crippen molar-refractivity contribution in [2.75, 3.05) is 10.2 Å². The highest BCUT2D eigenvalue weighted by molar-refractivity contribution is 9.10. The molecule has 0 aromatic heterocycles. The van der Waals surface area contributed by atoms with Gasteiger partial charge in [0.25, 0.3) is 5.91 Å². The number of nitrogens with one attached hydrogen (secondary N) is 1. The Morgan fingerprint density at radius 3 is 2.39 bits per heavy atom. The second-order valence-corrected chi connectivity index (χ2v) is 6.80. The van der Waals surface area contributed by atoms with E-state index in [1.54, 1.807) is 42.5 Å². The van der Waals surface area contributed by atoms with Crippen molar-refractivity contribution >= 4 is 62.3 Å². The highest BCUT2D eigenvalue weighted by Gasteiger charge is 2.39. The van der Waals surface area contributed by atoms with Crippen molar-refractivity contribution in [2.45, 2.75) is 12.5 Å². The predicted molar refractivity (Wildman–Crippen MR) is 95.1 cm³/mol. The van der Waals surface area contributed by atoms with Gasteiger partial charge in [0.05, 0.1) is 22.2 Å². The normalized spacial score (nSPS) is 17.7. The van der Waals surface area contributed by atoms with E-state index in [2.05, 4.69) is 21.2 Å². The summed E-state index contributed by atoms with van der Waals surface area (Å²) in [6.07, 6.45) is 0.0924. The van der Waals surface area contributed by atoms with Crippen molar-refractivity contribution in [2.24, 2.45) is 0 Å². The molecule has 1 fully saturated rings. The Balaban J connectivity index is 1.80. The largest absolute Gasteiger partial charge is 0.373 e. The van der Waals surface area contributed by atoms with Gasteiger partial charge in [0.2, 0.25) is 5.91 Å². The number of rotatable bonds is 3. The zero-order valence-electron chi connectivity index (χ0n) is 11.7. The third-order valence-electron chi connectivity index (χ3n) is 3.49. The highest BCUT2D eigenvalue weighted by Crippen LogP contribution is 2.29. The summed E-state index contributed by atoms with van der Waals surface area (Å²) in [7, 11) is 0. The van der Waals surface area contributed by atoms with Crippen LogP contribution in [0.1, 0.15) is 6.42 Å². The Bertz CT molecular complexity index is 780. The molecule has 2 aromatic rings. The van der Waals surface area contributed by atoms with Gasteiger partial charge in [-0.1, -0.05) is 39.1 Å². The lowest BCUT2D eigenvalue weighted by Crippen LogP contribution is -2.34. The molecule has 1 heterocycles. The smallest absolute Gasteiger partial charge is 0.256 e. The summed E-state index contributed by atoms with van der Waals surface area (Å²) in [6, 6.07) is 11.4. The van der Waals surface area contributed by atoms with Gasteiger partial charge in [0.15, 0.2) is 0 Å². The van der Waals surface area contributed by atoms with Gasteiger partial charge in [-0.05, 0) is 42.5 Å². The molecule has 7 heteroatoms. The SMILES string of the molecule is O=C1C[C@@H](Nc2ccc(Cl)c(Cl)c2)C(=O)N1c1ccc(Br)cc1. The zero-order chi connectivity index (χ0) is 16.6. The number of amides is 2. The molecule has 1 saturated heterocycles. The lowest BCUT2D eigenvalue weighted by atomic mass is 10.2. The lowest BCUT2D eigenvalue weighted by molar-refractivity contribution is -0.121. The molecule has 1 N–H and O–H groups in total. The summed E-state index contributed by atoms with van der Waals surface area (Å²) < 4.78 is 0.880. The van der Waals surface area contributed by atoms with Gasteiger partial charge < -0.3 is 5.32 Å². The minimum atomic E-state index is -0.622. The van der Waals surface area contributed by atoms with Crippen LogP contribution in [-0.2, 0) is 9.59 Å². The van der Waals surface area contributed by atoms with E-state index in [0.29, 0.717) is 21.4 Å². The van der Waals surface area contributed by atoms with Crippen molar-refractivity contribution < 1.29 is 9.59 Å². The van der Waals surface area contributed by atoms with Crippen LogP contribution in [0.5, 0.6) is 0 Å². The molecule has 2 amide bonds. The number of benzene rings is 2. The van der Waals surface area contributed by atoms with E-state index >= 15 is 0 Å². The maximum absolute atomic E-state index is 12.5. The number of carbonyl (C=O) groups excluding carboxylic acids is 2. The van der Waals surface area contributed by atoms with Crippen molar-refractivity contribution in [3.8, 4) is 0 Å². The minimum absolute atomic E-state index is 0.0924. The Morgan fingerprint density at radius 2 is 1.74 bits per heavy atom. The molecule has 118 valence electrons. The molecule has 3 rings (SSSR count). The van der Waals surface area contributed by atoms with E-state index in [-0.39, 0.29) is 18.2 Å². The highest BCUT2D eigenvalue weighted by atomic mass is 79.9. The van der Waals surface area contributed by atoms with E-state index in [9.17, 15) is 9.59 Å². The van der Waals surface area contributed by atoms with Gasteiger partial charge in [-0.3, -0.25) is 9.59 Å². The summed E-state index contributed by atoms with van der Waals surface area (Å²) in [4.78, 5) is 25.9. The summed E-state index contributed by atoms with van der Waals surface area (Å²) in [5.74, 6) is -0.529. The van der Waals surface area contributed by atoms with Gasteiger partial charge in [0, 0.05) is 10.2 Å². The summed E-state index contributed by atoms with van der Waals surface area (Å²) >= 11 is 15.2. The van der Waals surface area contributed by atoms with Crippen LogP contribution < -0.4 is 10.2 Å². The first-order valence-electron chi connectivity index (χ1n) is 6.79. The summed E-state index contributed by atoms with van der Waals surface area (Å²) in [5, 5.41) is 3.86. The molecule has 0 spiro atoms. The molecule has 1 aliphatic heterocycles. The Morgan fingerprint density at radius 1 is 1.04 bits per heavy atom. The Hall–Kier alpha value is -1.56. The number of imide groups is 1. The lowest BCUT2D eigenvalue weighted by Gasteiger charge is -2.16. The van der Waals surface area contributed by atoms with Crippen LogP contribution in [0.4, 0.5) is 11.4 Å². The van der Waals surface area contributed by atoms with Crippen LogP contribution in [0.3, 0.4) is 0 Å². The van der Waals surface area contributed by atoms with Crippen molar-refractivity contribution in [3.05, 3.63) is 57.0 Å². The molecular formula is C16H11BrCl2N2O2. The first-order valence-corrected chi connectivity index (χ1v) is 8.34. The summed E-state index contributed by atoms with van der Waals surface area (Å²) in [5.41, 5.74) is 1.20. The fourth-order valence-corrected chi connectivity index (χ4v) is 2.96. The second-order valence-electron chi connectivity index (χ2n) is 5.07. The van der Waals surface area contributed by atoms with E-state index in [4.69, 9.17) is 23.2 Å². The standard InChI is InChI=1S/C16H11BrCl2N2O2/c17-9-1-4-11(5-2-9)21-15(22)8-14(16(21)23)20-10-3-6-12(18)13(19)7-10/h1-7,14,20H,8H2/t14-/m1/s1. The molecule has 23 heavy (non-hydrogen) atoms. The van der Waals surface area contributed by atoms with E-state index in [1.807, 2.05) is 0 Å². The molecule has 0 aliphatic carbocycles. The van der Waals surface area contributed by atoms with Gasteiger partial charge in [-0.2, -0.15) is 0 Å². The van der Waals surface area contributed by atoms with Crippen LogP contribution in [-0.4, -0.2) is 17.9 Å². The van der Waals surface area contributed by atoms with Gasteiger partial charge in [-0.25, -0.2) is 4.90 Å². The Labute approximate surface area is 151 Å². The fourth-order valence-electron chi connectivity index (χ4n) is 2.39. The topological polar surface area (TPSA) is 49.4 Å². The molecular weight excluding hydrogens is 403 g/mol.